The molecule has 0 aliphatic rings. The lowest BCUT2D eigenvalue weighted by molar-refractivity contribution is 0.869. The summed E-state index contributed by atoms with van der Waals surface area (Å²) in [6.45, 7) is 4.44. The predicted octanol–water partition coefficient (Wildman–Crippen LogP) is 3.93. The van der Waals surface area contributed by atoms with Gasteiger partial charge in [0, 0.05) is 6.20 Å². The Hall–Kier alpha value is -1.15. The molecule has 0 fully saturated rings. The molecule has 0 spiro atoms. The van der Waals surface area contributed by atoms with Gasteiger partial charge in [0.1, 0.15) is 0 Å². The minimum Gasteiger partial charge on any atom is -0.201 e. The third-order valence-electron chi connectivity index (χ3n) is 2.29. The molecule has 0 radical (unpaired) electrons. The molecule has 0 atom stereocenters. The number of rotatable bonds is 2. The molecule has 0 aliphatic carbocycles. The Balaban J connectivity index is 2.53. The zero-order valence-corrected chi connectivity index (χ0v) is 9.21. The lowest BCUT2D eigenvalue weighted by Crippen LogP contribution is -1.89. The van der Waals surface area contributed by atoms with Crippen molar-refractivity contribution in [2.24, 2.45) is 0 Å². The van der Waals surface area contributed by atoms with E-state index in [0.29, 0.717) is 5.92 Å². The van der Waals surface area contributed by atoms with Crippen LogP contribution in [-0.4, -0.2) is 4.37 Å². The molecule has 2 heteroatoms. The Bertz CT molecular complexity index is 404. The van der Waals surface area contributed by atoms with E-state index >= 15 is 0 Å². The molecular weight excluding hydrogens is 190 g/mol. The summed E-state index contributed by atoms with van der Waals surface area (Å²) in [4.78, 5) is 1.26. The highest BCUT2D eigenvalue weighted by Crippen LogP contribution is 2.30. The van der Waals surface area contributed by atoms with Crippen molar-refractivity contribution >= 4 is 11.5 Å². The van der Waals surface area contributed by atoms with Crippen LogP contribution in [0.3, 0.4) is 0 Å². The van der Waals surface area contributed by atoms with E-state index in [-0.39, 0.29) is 0 Å². The van der Waals surface area contributed by atoms with Crippen molar-refractivity contribution in [3.63, 3.8) is 0 Å². The summed E-state index contributed by atoms with van der Waals surface area (Å²) in [6.07, 6.45) is 1.86. The van der Waals surface area contributed by atoms with Crippen LogP contribution < -0.4 is 0 Å². The zero-order chi connectivity index (χ0) is 9.97. The molecule has 72 valence electrons. The normalized spacial score (nSPS) is 10.8. The largest absolute Gasteiger partial charge is 0.201 e. The average Bonchev–Trinajstić information content (AvgIpc) is 2.70. The fourth-order valence-corrected chi connectivity index (χ4v) is 2.22. The van der Waals surface area contributed by atoms with Gasteiger partial charge in [0.05, 0.1) is 4.88 Å². The van der Waals surface area contributed by atoms with Gasteiger partial charge in [-0.1, -0.05) is 38.1 Å². The topological polar surface area (TPSA) is 12.9 Å². The molecule has 0 amide bonds. The van der Waals surface area contributed by atoms with Crippen LogP contribution in [-0.2, 0) is 0 Å². The van der Waals surface area contributed by atoms with Crippen LogP contribution in [0.5, 0.6) is 0 Å². The molecule has 1 heterocycles. The maximum atomic E-state index is 4.14. The van der Waals surface area contributed by atoms with Gasteiger partial charge in [0.25, 0.3) is 0 Å². The van der Waals surface area contributed by atoms with Gasteiger partial charge in [-0.25, -0.2) is 4.37 Å². The number of hydrogen-bond acceptors (Lipinski definition) is 2. The molecule has 2 aromatic rings. The van der Waals surface area contributed by atoms with Gasteiger partial charge in [0.15, 0.2) is 0 Å². The van der Waals surface area contributed by atoms with Crippen LogP contribution >= 0.6 is 11.5 Å². The first kappa shape index (κ1) is 9.41. The van der Waals surface area contributed by atoms with Gasteiger partial charge in [-0.2, -0.15) is 0 Å². The standard InChI is InChI=1S/C12H13NS/c1-9(2)10-5-3-4-6-11(10)12-7-8-13-14-12/h3-9H,1-2H3. The first-order valence-electron chi connectivity index (χ1n) is 4.79. The maximum Gasteiger partial charge on any atom is 0.0552 e. The third kappa shape index (κ3) is 1.70. The van der Waals surface area contributed by atoms with Crippen molar-refractivity contribution in [3.8, 4) is 10.4 Å². The van der Waals surface area contributed by atoms with Crippen molar-refractivity contribution in [3.05, 3.63) is 42.1 Å². The van der Waals surface area contributed by atoms with Crippen LogP contribution in [0.2, 0.25) is 0 Å². The van der Waals surface area contributed by atoms with Gasteiger partial charge >= 0.3 is 0 Å². The Morgan fingerprint density at radius 1 is 1.14 bits per heavy atom. The van der Waals surface area contributed by atoms with E-state index < -0.39 is 0 Å². The van der Waals surface area contributed by atoms with E-state index in [2.05, 4.69) is 48.6 Å². The second kappa shape index (κ2) is 3.93. The van der Waals surface area contributed by atoms with Crippen molar-refractivity contribution in [2.45, 2.75) is 19.8 Å². The van der Waals surface area contributed by atoms with Crippen molar-refractivity contribution < 1.29 is 0 Å². The van der Waals surface area contributed by atoms with E-state index in [9.17, 15) is 0 Å². The Morgan fingerprint density at radius 2 is 1.93 bits per heavy atom. The first-order valence-corrected chi connectivity index (χ1v) is 5.56. The summed E-state index contributed by atoms with van der Waals surface area (Å²) in [6, 6.07) is 10.6. The van der Waals surface area contributed by atoms with E-state index in [1.54, 1.807) is 11.5 Å². The Labute approximate surface area is 88.6 Å². The number of nitrogens with zero attached hydrogens (tertiary/aromatic N) is 1. The second-order valence-electron chi connectivity index (χ2n) is 3.62. The highest BCUT2D eigenvalue weighted by atomic mass is 32.1. The number of benzene rings is 1. The summed E-state index contributed by atoms with van der Waals surface area (Å²) >= 11 is 1.56. The Morgan fingerprint density at radius 3 is 2.57 bits per heavy atom. The molecule has 0 bridgehead atoms. The lowest BCUT2D eigenvalue weighted by atomic mass is 9.96. The van der Waals surface area contributed by atoms with E-state index in [1.807, 2.05) is 6.20 Å². The molecule has 1 aromatic heterocycles. The van der Waals surface area contributed by atoms with E-state index in [4.69, 9.17) is 0 Å². The fourth-order valence-electron chi connectivity index (χ4n) is 1.58. The smallest absolute Gasteiger partial charge is 0.0552 e. The monoisotopic (exact) mass is 203 g/mol. The van der Waals surface area contributed by atoms with Gasteiger partial charge in [-0.3, -0.25) is 0 Å². The maximum absolute atomic E-state index is 4.14. The molecule has 0 saturated heterocycles. The van der Waals surface area contributed by atoms with Crippen LogP contribution in [0.1, 0.15) is 25.3 Å². The number of hydrogen-bond donors (Lipinski definition) is 0. The van der Waals surface area contributed by atoms with Crippen LogP contribution in [0.25, 0.3) is 10.4 Å². The summed E-state index contributed by atoms with van der Waals surface area (Å²) in [7, 11) is 0. The van der Waals surface area contributed by atoms with Gasteiger partial charge in [-0.15, -0.1) is 0 Å². The first-order chi connectivity index (χ1) is 6.79. The van der Waals surface area contributed by atoms with Crippen LogP contribution in [0.4, 0.5) is 0 Å². The summed E-state index contributed by atoms with van der Waals surface area (Å²) < 4.78 is 4.14. The minimum absolute atomic E-state index is 0.563. The van der Waals surface area contributed by atoms with Gasteiger partial charge in [-0.05, 0) is 34.6 Å². The van der Waals surface area contributed by atoms with E-state index in [1.165, 1.54) is 16.0 Å². The fraction of sp³-hybridized carbons (Fsp3) is 0.250. The third-order valence-corrected chi connectivity index (χ3v) is 3.07. The summed E-state index contributed by atoms with van der Waals surface area (Å²) in [5.41, 5.74) is 2.72. The van der Waals surface area contributed by atoms with E-state index in [0.717, 1.165) is 0 Å². The molecule has 0 unspecified atom stereocenters. The molecule has 14 heavy (non-hydrogen) atoms. The van der Waals surface area contributed by atoms with Crippen LogP contribution in [0.15, 0.2) is 36.5 Å². The zero-order valence-electron chi connectivity index (χ0n) is 8.40. The summed E-state index contributed by atoms with van der Waals surface area (Å²) in [5.74, 6) is 0.563. The molecule has 0 N–H and O–H groups in total. The Kier molecular flexibility index (Phi) is 2.64. The second-order valence-corrected chi connectivity index (χ2v) is 4.45. The molecule has 1 nitrogen and oxygen atoms in total. The molecule has 1 aromatic carbocycles. The van der Waals surface area contributed by atoms with Crippen LogP contribution in [0, 0.1) is 0 Å². The molecule has 0 aliphatic heterocycles. The average molecular weight is 203 g/mol. The minimum atomic E-state index is 0.563. The van der Waals surface area contributed by atoms with Gasteiger partial charge < -0.3 is 0 Å². The SMILES string of the molecule is CC(C)c1ccccc1-c1ccns1. The van der Waals surface area contributed by atoms with Gasteiger partial charge in [0.2, 0.25) is 0 Å². The highest BCUT2D eigenvalue weighted by Gasteiger charge is 2.08. The predicted molar refractivity (Wildman–Crippen MR) is 61.6 cm³/mol. The molecule has 2 rings (SSSR count). The highest BCUT2D eigenvalue weighted by molar-refractivity contribution is 7.09. The molecule has 0 saturated carbocycles. The van der Waals surface area contributed by atoms with Crippen molar-refractivity contribution in [1.82, 2.24) is 4.37 Å². The summed E-state index contributed by atoms with van der Waals surface area (Å²) in [5, 5.41) is 0. The van der Waals surface area contributed by atoms with Crippen molar-refractivity contribution in [2.75, 3.05) is 0 Å². The van der Waals surface area contributed by atoms with Crippen molar-refractivity contribution in [1.29, 1.82) is 0 Å². The lowest BCUT2D eigenvalue weighted by Gasteiger charge is -2.10. The quantitative estimate of drug-likeness (QED) is 0.720. The number of aromatic nitrogens is 1. The molecular formula is C12H13NS.